The van der Waals surface area contributed by atoms with Crippen LogP contribution < -0.4 is 10.5 Å². The average molecular weight is 344 g/mol. The lowest BCUT2D eigenvalue weighted by atomic mass is 10.2. The molecule has 1 aromatic heterocycles. The predicted molar refractivity (Wildman–Crippen MR) is 75.3 cm³/mol. The van der Waals surface area contributed by atoms with Crippen molar-refractivity contribution in [3.63, 3.8) is 0 Å². The van der Waals surface area contributed by atoms with E-state index in [1.165, 1.54) is 36.7 Å². The van der Waals surface area contributed by atoms with E-state index < -0.39 is 10.0 Å². The Balaban J connectivity index is 2.36. The number of hydrogen-bond acceptors (Lipinski definition) is 5. The summed E-state index contributed by atoms with van der Waals surface area (Å²) in [6, 6.07) is 5.41. The van der Waals surface area contributed by atoms with Crippen LogP contribution in [0.15, 0.2) is 46.0 Å². The van der Waals surface area contributed by atoms with E-state index in [1.807, 2.05) is 0 Å². The number of nitrogen functional groups attached to an aromatic ring is 1. The first-order valence-electron chi connectivity index (χ1n) is 5.10. The minimum atomic E-state index is -3.78. The summed E-state index contributed by atoms with van der Waals surface area (Å²) < 4.78 is 27.1. The number of rotatable bonds is 3. The molecular formula is C11H10BrN3O3S. The maximum atomic E-state index is 12.1. The maximum absolute atomic E-state index is 12.1. The number of pyridine rings is 1. The molecule has 0 bridgehead atoms. The van der Waals surface area contributed by atoms with Gasteiger partial charge in [0.15, 0.2) is 0 Å². The number of aromatic hydroxyl groups is 1. The van der Waals surface area contributed by atoms with Gasteiger partial charge in [0, 0.05) is 22.9 Å². The second-order valence-electron chi connectivity index (χ2n) is 3.72. The molecule has 2 rings (SSSR count). The van der Waals surface area contributed by atoms with Crippen LogP contribution in [0.5, 0.6) is 5.75 Å². The fourth-order valence-corrected chi connectivity index (χ4v) is 2.98. The standard InChI is InChI=1S/C11H10BrN3O3S/c12-7-3-9(6-14-5-7)19(17,18)15-11-2-1-8(16)4-10(11)13/h1-6,15-16H,13H2. The number of phenolic OH excluding ortho intramolecular Hbond substituents is 1. The summed E-state index contributed by atoms with van der Waals surface area (Å²) >= 11 is 3.15. The molecule has 0 atom stereocenters. The number of nitrogens with zero attached hydrogens (tertiary/aromatic N) is 1. The van der Waals surface area contributed by atoms with Gasteiger partial charge in [-0.2, -0.15) is 0 Å². The van der Waals surface area contributed by atoms with Gasteiger partial charge in [0.2, 0.25) is 0 Å². The Labute approximate surface area is 118 Å². The Kier molecular flexibility index (Phi) is 3.63. The molecule has 0 aliphatic carbocycles. The monoisotopic (exact) mass is 343 g/mol. The summed E-state index contributed by atoms with van der Waals surface area (Å²) in [5, 5.41) is 9.22. The molecule has 8 heteroatoms. The highest BCUT2D eigenvalue weighted by molar-refractivity contribution is 9.10. The van der Waals surface area contributed by atoms with Crippen LogP contribution in [0.4, 0.5) is 11.4 Å². The highest BCUT2D eigenvalue weighted by Crippen LogP contribution is 2.26. The molecule has 0 fully saturated rings. The van der Waals surface area contributed by atoms with E-state index in [4.69, 9.17) is 5.73 Å². The molecule has 4 N–H and O–H groups in total. The molecule has 0 aliphatic heterocycles. The lowest BCUT2D eigenvalue weighted by Gasteiger charge is -2.10. The van der Waals surface area contributed by atoms with Crippen LogP contribution >= 0.6 is 15.9 Å². The number of nitrogens with one attached hydrogen (secondary N) is 1. The summed E-state index contributed by atoms with van der Waals surface area (Å²) in [4.78, 5) is 3.80. The third kappa shape index (κ3) is 3.15. The van der Waals surface area contributed by atoms with Crippen molar-refractivity contribution in [3.8, 4) is 5.75 Å². The Morgan fingerprint density at radius 1 is 1.26 bits per heavy atom. The van der Waals surface area contributed by atoms with E-state index in [2.05, 4.69) is 25.6 Å². The minimum Gasteiger partial charge on any atom is -0.508 e. The molecular weight excluding hydrogens is 334 g/mol. The van der Waals surface area contributed by atoms with Gasteiger partial charge in [0.1, 0.15) is 10.6 Å². The van der Waals surface area contributed by atoms with Gasteiger partial charge >= 0.3 is 0 Å². The zero-order chi connectivity index (χ0) is 14.0. The smallest absolute Gasteiger partial charge is 0.263 e. The van der Waals surface area contributed by atoms with Gasteiger partial charge in [-0.05, 0) is 34.1 Å². The van der Waals surface area contributed by atoms with Gasteiger partial charge in [-0.3, -0.25) is 9.71 Å². The number of sulfonamides is 1. The zero-order valence-corrected chi connectivity index (χ0v) is 11.9. The SMILES string of the molecule is Nc1cc(O)ccc1NS(=O)(=O)c1cncc(Br)c1. The molecule has 100 valence electrons. The highest BCUT2D eigenvalue weighted by atomic mass is 79.9. The number of benzene rings is 1. The van der Waals surface area contributed by atoms with Crippen LogP contribution in [-0.4, -0.2) is 18.5 Å². The Morgan fingerprint density at radius 2 is 2.00 bits per heavy atom. The molecule has 0 unspecified atom stereocenters. The van der Waals surface area contributed by atoms with Crippen LogP contribution in [0.1, 0.15) is 0 Å². The van der Waals surface area contributed by atoms with E-state index in [0.29, 0.717) is 4.47 Å². The van der Waals surface area contributed by atoms with Gasteiger partial charge in [-0.25, -0.2) is 8.42 Å². The second kappa shape index (κ2) is 5.06. The van der Waals surface area contributed by atoms with Crippen molar-refractivity contribution in [3.05, 3.63) is 41.1 Å². The van der Waals surface area contributed by atoms with E-state index in [1.54, 1.807) is 0 Å². The first-order chi connectivity index (χ1) is 8.88. The second-order valence-corrected chi connectivity index (χ2v) is 6.31. The van der Waals surface area contributed by atoms with Gasteiger partial charge in [-0.1, -0.05) is 0 Å². The lowest BCUT2D eigenvalue weighted by molar-refractivity contribution is 0.475. The van der Waals surface area contributed by atoms with Crippen LogP contribution in [0.3, 0.4) is 0 Å². The maximum Gasteiger partial charge on any atom is 0.263 e. The van der Waals surface area contributed by atoms with Gasteiger partial charge in [-0.15, -0.1) is 0 Å². The number of nitrogens with two attached hydrogens (primary N) is 1. The summed E-state index contributed by atoms with van der Waals surface area (Å²) in [7, 11) is -3.78. The number of phenols is 1. The first-order valence-corrected chi connectivity index (χ1v) is 7.38. The van der Waals surface area contributed by atoms with Crippen molar-refractivity contribution in [2.45, 2.75) is 4.90 Å². The number of halogens is 1. The molecule has 19 heavy (non-hydrogen) atoms. The first kappa shape index (κ1) is 13.6. The Bertz CT molecular complexity index is 719. The van der Waals surface area contributed by atoms with E-state index in [-0.39, 0.29) is 22.0 Å². The quantitative estimate of drug-likeness (QED) is 0.583. The number of aromatic nitrogens is 1. The van der Waals surface area contributed by atoms with Gasteiger partial charge < -0.3 is 10.8 Å². The van der Waals surface area contributed by atoms with Crippen molar-refractivity contribution in [1.82, 2.24) is 4.98 Å². The summed E-state index contributed by atoms with van der Waals surface area (Å²) in [6.45, 7) is 0. The molecule has 1 aromatic carbocycles. The van der Waals surface area contributed by atoms with Crippen molar-refractivity contribution in [2.24, 2.45) is 0 Å². The largest absolute Gasteiger partial charge is 0.508 e. The highest BCUT2D eigenvalue weighted by Gasteiger charge is 2.16. The third-order valence-electron chi connectivity index (χ3n) is 2.27. The molecule has 6 nitrogen and oxygen atoms in total. The predicted octanol–water partition coefficient (Wildman–Crippen LogP) is 1.93. The molecule has 0 saturated carbocycles. The molecule has 0 radical (unpaired) electrons. The van der Waals surface area contributed by atoms with Crippen LogP contribution in [0.25, 0.3) is 0 Å². The van der Waals surface area contributed by atoms with Gasteiger partial charge in [0.05, 0.1) is 11.4 Å². The fourth-order valence-electron chi connectivity index (χ4n) is 1.39. The van der Waals surface area contributed by atoms with Crippen molar-refractivity contribution >= 4 is 37.3 Å². The average Bonchev–Trinajstić information content (AvgIpc) is 2.33. The van der Waals surface area contributed by atoms with Crippen LogP contribution in [0.2, 0.25) is 0 Å². The van der Waals surface area contributed by atoms with Crippen molar-refractivity contribution < 1.29 is 13.5 Å². The lowest BCUT2D eigenvalue weighted by Crippen LogP contribution is -2.14. The van der Waals surface area contributed by atoms with Crippen LogP contribution in [-0.2, 0) is 10.0 Å². The third-order valence-corrected chi connectivity index (χ3v) is 4.04. The normalized spacial score (nSPS) is 11.2. The van der Waals surface area contributed by atoms with Gasteiger partial charge in [0.25, 0.3) is 10.0 Å². The fraction of sp³-hybridized carbons (Fsp3) is 0. The van der Waals surface area contributed by atoms with E-state index in [9.17, 15) is 13.5 Å². The Hall–Kier alpha value is -1.80. The van der Waals surface area contributed by atoms with E-state index >= 15 is 0 Å². The molecule has 0 aliphatic rings. The molecule has 2 aromatic rings. The zero-order valence-electron chi connectivity index (χ0n) is 9.54. The molecule has 0 amide bonds. The topological polar surface area (TPSA) is 105 Å². The van der Waals surface area contributed by atoms with Crippen LogP contribution in [0, 0.1) is 0 Å². The minimum absolute atomic E-state index is 0.00866. The number of hydrogen-bond donors (Lipinski definition) is 3. The summed E-state index contributed by atoms with van der Waals surface area (Å²) in [6.07, 6.45) is 2.71. The Morgan fingerprint density at radius 3 is 2.63 bits per heavy atom. The molecule has 0 spiro atoms. The summed E-state index contributed by atoms with van der Waals surface area (Å²) in [5.41, 5.74) is 5.95. The molecule has 1 heterocycles. The number of anilines is 2. The van der Waals surface area contributed by atoms with Crippen molar-refractivity contribution in [2.75, 3.05) is 10.5 Å². The van der Waals surface area contributed by atoms with Crippen molar-refractivity contribution in [1.29, 1.82) is 0 Å². The summed E-state index contributed by atoms with van der Waals surface area (Å²) in [5.74, 6) is -0.0374. The molecule has 0 saturated heterocycles. The van der Waals surface area contributed by atoms with E-state index in [0.717, 1.165) is 0 Å².